The molecule has 21 heavy (non-hydrogen) atoms. The third-order valence-corrected chi connectivity index (χ3v) is 3.35. The molecule has 5 heteroatoms. The number of rotatable bonds is 3. The van der Waals surface area contributed by atoms with E-state index in [4.69, 9.17) is 16.7 Å². The second-order valence-corrected chi connectivity index (χ2v) is 4.96. The van der Waals surface area contributed by atoms with Gasteiger partial charge in [-0.2, -0.15) is 0 Å². The molecule has 2 aromatic carbocycles. The zero-order valence-electron chi connectivity index (χ0n) is 10.9. The van der Waals surface area contributed by atoms with Gasteiger partial charge in [-0.3, -0.25) is 4.98 Å². The predicted molar refractivity (Wildman–Crippen MR) is 83.4 cm³/mol. The Kier molecular flexibility index (Phi) is 3.46. The van der Waals surface area contributed by atoms with E-state index >= 15 is 0 Å². The maximum atomic E-state index is 10.8. The zero-order valence-corrected chi connectivity index (χ0v) is 11.6. The van der Waals surface area contributed by atoms with Crippen molar-refractivity contribution in [2.24, 2.45) is 0 Å². The first-order valence-corrected chi connectivity index (χ1v) is 6.66. The van der Waals surface area contributed by atoms with E-state index in [1.807, 2.05) is 18.2 Å². The third-order valence-electron chi connectivity index (χ3n) is 3.12. The first-order chi connectivity index (χ1) is 10.1. The summed E-state index contributed by atoms with van der Waals surface area (Å²) in [7, 11) is 0. The highest BCUT2D eigenvalue weighted by atomic mass is 35.5. The molecule has 4 nitrogen and oxygen atoms in total. The predicted octanol–water partition coefficient (Wildman–Crippen LogP) is 4.33. The number of fused-ring (bicyclic) bond motifs is 1. The molecule has 3 aromatic rings. The fourth-order valence-electron chi connectivity index (χ4n) is 2.08. The molecule has 3 rings (SSSR count). The topological polar surface area (TPSA) is 62.2 Å². The van der Waals surface area contributed by atoms with Crippen molar-refractivity contribution in [3.63, 3.8) is 0 Å². The number of carboxylic acids is 1. The van der Waals surface area contributed by atoms with Crippen LogP contribution in [0.3, 0.4) is 0 Å². The van der Waals surface area contributed by atoms with Gasteiger partial charge in [-0.15, -0.1) is 0 Å². The Labute approximate surface area is 126 Å². The number of aromatic nitrogens is 1. The maximum Gasteiger partial charge on any atom is 0.335 e. The molecule has 0 spiro atoms. The average molecular weight is 299 g/mol. The molecule has 0 aliphatic rings. The van der Waals surface area contributed by atoms with Crippen LogP contribution in [0.4, 0.5) is 11.4 Å². The lowest BCUT2D eigenvalue weighted by Gasteiger charge is -2.09. The van der Waals surface area contributed by atoms with Crippen LogP contribution in [-0.2, 0) is 0 Å². The number of carboxylic acid groups (broad SMARTS) is 1. The van der Waals surface area contributed by atoms with Crippen LogP contribution in [0.1, 0.15) is 10.4 Å². The summed E-state index contributed by atoms with van der Waals surface area (Å²) in [6.07, 6.45) is 1.70. The Bertz CT molecular complexity index is 816. The van der Waals surface area contributed by atoms with Gasteiger partial charge in [-0.1, -0.05) is 11.6 Å². The molecule has 0 aliphatic carbocycles. The molecule has 0 aliphatic heterocycles. The average Bonchev–Trinajstić information content (AvgIpc) is 2.47. The van der Waals surface area contributed by atoms with Crippen LogP contribution in [0.15, 0.2) is 54.7 Å². The molecule has 0 radical (unpaired) electrons. The van der Waals surface area contributed by atoms with Gasteiger partial charge in [0.05, 0.1) is 11.1 Å². The fraction of sp³-hybridized carbons (Fsp3) is 0. The van der Waals surface area contributed by atoms with Gasteiger partial charge in [-0.25, -0.2) is 4.79 Å². The van der Waals surface area contributed by atoms with E-state index in [9.17, 15) is 4.79 Å². The van der Waals surface area contributed by atoms with E-state index < -0.39 is 5.97 Å². The van der Waals surface area contributed by atoms with Crippen LogP contribution in [-0.4, -0.2) is 16.1 Å². The van der Waals surface area contributed by atoms with Gasteiger partial charge >= 0.3 is 5.97 Å². The minimum Gasteiger partial charge on any atom is -0.478 e. The summed E-state index contributed by atoms with van der Waals surface area (Å²) in [5, 5.41) is 13.7. The normalized spacial score (nSPS) is 10.5. The number of hydrogen-bond donors (Lipinski definition) is 2. The number of halogens is 1. The zero-order chi connectivity index (χ0) is 14.8. The molecule has 1 aromatic heterocycles. The van der Waals surface area contributed by atoms with Crippen LogP contribution in [0.25, 0.3) is 10.9 Å². The molecule has 0 saturated carbocycles. The lowest BCUT2D eigenvalue weighted by molar-refractivity contribution is 0.0697. The number of anilines is 2. The lowest BCUT2D eigenvalue weighted by atomic mass is 10.1. The molecular formula is C16H11ClN2O2. The van der Waals surface area contributed by atoms with E-state index in [2.05, 4.69) is 10.3 Å². The smallest absolute Gasteiger partial charge is 0.335 e. The Balaban J connectivity index is 1.96. The monoisotopic (exact) mass is 298 g/mol. The van der Waals surface area contributed by atoms with Gasteiger partial charge < -0.3 is 10.4 Å². The van der Waals surface area contributed by atoms with Crippen LogP contribution < -0.4 is 5.32 Å². The first-order valence-electron chi connectivity index (χ1n) is 6.28. The summed E-state index contributed by atoms with van der Waals surface area (Å²) in [5.41, 5.74) is 2.75. The number of nitrogens with zero attached hydrogens (tertiary/aromatic N) is 1. The van der Waals surface area contributed by atoms with E-state index in [0.717, 1.165) is 22.3 Å². The lowest BCUT2D eigenvalue weighted by Crippen LogP contribution is -1.97. The summed E-state index contributed by atoms with van der Waals surface area (Å²) in [6, 6.07) is 14.0. The summed E-state index contributed by atoms with van der Waals surface area (Å²) in [5.74, 6) is -0.939. The molecule has 0 bridgehead atoms. The fourth-order valence-corrected chi connectivity index (χ4v) is 2.25. The Morgan fingerprint density at radius 3 is 2.57 bits per heavy atom. The van der Waals surface area contributed by atoms with Gasteiger partial charge in [0, 0.05) is 28.0 Å². The number of nitrogens with one attached hydrogen (secondary N) is 1. The number of pyridine rings is 1. The summed E-state index contributed by atoms with van der Waals surface area (Å²) in [6.45, 7) is 0. The third kappa shape index (κ3) is 2.80. The molecule has 0 fully saturated rings. The van der Waals surface area contributed by atoms with Gasteiger partial charge in [0.2, 0.25) is 0 Å². The molecule has 0 unspecified atom stereocenters. The van der Waals surface area contributed by atoms with E-state index in [-0.39, 0.29) is 5.56 Å². The number of hydrogen-bond acceptors (Lipinski definition) is 3. The van der Waals surface area contributed by atoms with E-state index in [0.29, 0.717) is 5.02 Å². The Hall–Kier alpha value is -2.59. The molecule has 2 N–H and O–H groups in total. The second-order valence-electron chi connectivity index (χ2n) is 4.53. The standard InChI is InChI=1S/C16H11ClN2O2/c17-11-3-6-13-14(7-8-18-15(13)9-11)19-12-4-1-10(2-5-12)16(20)21/h1-9H,(H,18,19)(H,20,21). The first kappa shape index (κ1) is 13.4. The van der Waals surface area contributed by atoms with Crippen LogP contribution >= 0.6 is 11.6 Å². The van der Waals surface area contributed by atoms with Crippen LogP contribution in [0.2, 0.25) is 5.02 Å². The Morgan fingerprint density at radius 1 is 1.10 bits per heavy atom. The Morgan fingerprint density at radius 2 is 1.86 bits per heavy atom. The van der Waals surface area contributed by atoms with Gasteiger partial charge in [-0.05, 0) is 48.5 Å². The van der Waals surface area contributed by atoms with Crippen molar-refractivity contribution < 1.29 is 9.90 Å². The molecule has 1 heterocycles. The van der Waals surface area contributed by atoms with Crippen molar-refractivity contribution in [3.05, 3.63) is 65.3 Å². The van der Waals surface area contributed by atoms with Crippen molar-refractivity contribution in [1.82, 2.24) is 4.98 Å². The highest BCUT2D eigenvalue weighted by Gasteiger charge is 2.05. The van der Waals surface area contributed by atoms with Crippen molar-refractivity contribution >= 4 is 39.8 Å². The molecule has 0 atom stereocenters. The number of carbonyl (C=O) groups is 1. The van der Waals surface area contributed by atoms with Crippen molar-refractivity contribution in [2.75, 3.05) is 5.32 Å². The van der Waals surface area contributed by atoms with Gasteiger partial charge in [0.25, 0.3) is 0 Å². The maximum absolute atomic E-state index is 10.8. The largest absolute Gasteiger partial charge is 0.478 e. The molecular weight excluding hydrogens is 288 g/mol. The van der Waals surface area contributed by atoms with Crippen LogP contribution in [0, 0.1) is 0 Å². The highest BCUT2D eigenvalue weighted by Crippen LogP contribution is 2.27. The van der Waals surface area contributed by atoms with Gasteiger partial charge in [0.15, 0.2) is 0 Å². The molecule has 0 amide bonds. The summed E-state index contributed by atoms with van der Waals surface area (Å²) >= 11 is 5.96. The van der Waals surface area contributed by atoms with Crippen molar-refractivity contribution in [3.8, 4) is 0 Å². The molecule has 0 saturated heterocycles. The van der Waals surface area contributed by atoms with Crippen molar-refractivity contribution in [1.29, 1.82) is 0 Å². The molecule has 104 valence electrons. The van der Waals surface area contributed by atoms with E-state index in [1.54, 1.807) is 36.5 Å². The van der Waals surface area contributed by atoms with Crippen LogP contribution in [0.5, 0.6) is 0 Å². The second kappa shape index (κ2) is 5.42. The van der Waals surface area contributed by atoms with Crippen molar-refractivity contribution in [2.45, 2.75) is 0 Å². The number of benzene rings is 2. The summed E-state index contributed by atoms with van der Waals surface area (Å²) in [4.78, 5) is 15.1. The SMILES string of the molecule is O=C(O)c1ccc(Nc2ccnc3cc(Cl)ccc23)cc1. The minimum atomic E-state index is -0.939. The van der Waals surface area contributed by atoms with Gasteiger partial charge in [0.1, 0.15) is 0 Å². The summed E-state index contributed by atoms with van der Waals surface area (Å²) < 4.78 is 0. The highest BCUT2D eigenvalue weighted by molar-refractivity contribution is 6.31. The van der Waals surface area contributed by atoms with E-state index in [1.165, 1.54) is 0 Å². The quantitative estimate of drug-likeness (QED) is 0.755. The number of aromatic carboxylic acids is 1. The minimum absolute atomic E-state index is 0.256.